The number of nitrogens with one attached hydrogen (secondary N) is 1. The number of nitrogens with zero attached hydrogens (tertiary/aromatic N) is 1. The van der Waals surface area contributed by atoms with Gasteiger partial charge in [-0.2, -0.15) is 5.26 Å². The minimum absolute atomic E-state index is 0.0718. The van der Waals surface area contributed by atoms with E-state index in [1.54, 1.807) is 0 Å². The van der Waals surface area contributed by atoms with E-state index >= 15 is 0 Å². The molecule has 0 aromatic heterocycles. The van der Waals surface area contributed by atoms with E-state index in [1.165, 1.54) is 11.1 Å². The molecule has 78 valence electrons. The number of hydrogen-bond acceptors (Lipinski definition) is 2. The van der Waals surface area contributed by atoms with Crippen LogP contribution in [0.5, 0.6) is 0 Å². The zero-order valence-electron chi connectivity index (χ0n) is 9.30. The van der Waals surface area contributed by atoms with Crippen LogP contribution in [0.4, 0.5) is 5.69 Å². The molecule has 1 saturated carbocycles. The van der Waals surface area contributed by atoms with E-state index in [-0.39, 0.29) is 5.41 Å². The highest BCUT2D eigenvalue weighted by Gasteiger charge is 2.42. The van der Waals surface area contributed by atoms with Crippen LogP contribution in [0.25, 0.3) is 0 Å². The van der Waals surface area contributed by atoms with Gasteiger partial charge in [0.05, 0.1) is 11.5 Å². The molecule has 0 aliphatic heterocycles. The maximum absolute atomic E-state index is 8.95. The van der Waals surface area contributed by atoms with Crippen molar-refractivity contribution in [2.24, 2.45) is 5.41 Å². The van der Waals surface area contributed by atoms with Gasteiger partial charge in [0, 0.05) is 12.2 Å². The second-order valence-corrected chi connectivity index (χ2v) is 4.62. The molecular weight excluding hydrogens is 184 g/mol. The van der Waals surface area contributed by atoms with Crippen LogP contribution >= 0.6 is 0 Å². The Kier molecular flexibility index (Phi) is 2.40. The summed E-state index contributed by atoms with van der Waals surface area (Å²) < 4.78 is 0. The van der Waals surface area contributed by atoms with Gasteiger partial charge in [-0.05, 0) is 49.9 Å². The summed E-state index contributed by atoms with van der Waals surface area (Å²) in [6.07, 6.45) is 2.09. The van der Waals surface area contributed by atoms with Crippen LogP contribution in [0.1, 0.15) is 24.0 Å². The highest BCUT2D eigenvalue weighted by atomic mass is 14.9. The highest BCUT2D eigenvalue weighted by Crippen LogP contribution is 2.44. The molecule has 1 aliphatic carbocycles. The Balaban J connectivity index is 2.02. The van der Waals surface area contributed by atoms with Crippen molar-refractivity contribution in [2.45, 2.75) is 26.7 Å². The number of anilines is 1. The smallest absolute Gasteiger partial charge is 0.0747 e. The van der Waals surface area contributed by atoms with Gasteiger partial charge >= 0.3 is 0 Å². The number of benzene rings is 1. The molecule has 0 radical (unpaired) electrons. The summed E-state index contributed by atoms with van der Waals surface area (Å²) in [6.45, 7) is 4.97. The van der Waals surface area contributed by atoms with Gasteiger partial charge in [0.15, 0.2) is 0 Å². The maximum Gasteiger partial charge on any atom is 0.0747 e. The maximum atomic E-state index is 8.95. The summed E-state index contributed by atoms with van der Waals surface area (Å²) in [5, 5.41) is 12.3. The summed E-state index contributed by atoms with van der Waals surface area (Å²) >= 11 is 0. The quantitative estimate of drug-likeness (QED) is 0.814. The first-order valence-electron chi connectivity index (χ1n) is 5.37. The molecule has 0 amide bonds. The van der Waals surface area contributed by atoms with Gasteiger partial charge in [-0.3, -0.25) is 0 Å². The average molecular weight is 200 g/mol. The lowest BCUT2D eigenvalue weighted by molar-refractivity contribution is 0.711. The number of nitriles is 1. The van der Waals surface area contributed by atoms with E-state index in [0.29, 0.717) is 0 Å². The van der Waals surface area contributed by atoms with E-state index in [4.69, 9.17) is 5.26 Å². The van der Waals surface area contributed by atoms with Gasteiger partial charge in [0.25, 0.3) is 0 Å². The lowest BCUT2D eigenvalue weighted by Crippen LogP contribution is -2.13. The largest absolute Gasteiger partial charge is 0.383 e. The zero-order chi connectivity index (χ0) is 10.9. The summed E-state index contributed by atoms with van der Waals surface area (Å²) in [6, 6.07) is 8.80. The predicted molar refractivity (Wildman–Crippen MR) is 61.7 cm³/mol. The van der Waals surface area contributed by atoms with Gasteiger partial charge < -0.3 is 5.32 Å². The van der Waals surface area contributed by atoms with E-state index in [9.17, 15) is 0 Å². The Bertz CT molecular complexity index is 391. The van der Waals surface area contributed by atoms with Crippen molar-refractivity contribution in [3.05, 3.63) is 29.3 Å². The molecule has 0 saturated heterocycles. The van der Waals surface area contributed by atoms with E-state index < -0.39 is 0 Å². The molecule has 1 fully saturated rings. The Hall–Kier alpha value is -1.49. The molecule has 0 atom stereocenters. The fourth-order valence-electron chi connectivity index (χ4n) is 1.83. The predicted octanol–water partition coefficient (Wildman–Crippen LogP) is 3.02. The molecule has 2 heteroatoms. The van der Waals surface area contributed by atoms with Crippen molar-refractivity contribution in [2.75, 3.05) is 11.9 Å². The monoisotopic (exact) mass is 200 g/mol. The van der Waals surface area contributed by atoms with Crippen LogP contribution in [-0.2, 0) is 0 Å². The van der Waals surface area contributed by atoms with E-state index in [0.717, 1.165) is 25.1 Å². The van der Waals surface area contributed by atoms with Crippen molar-refractivity contribution in [1.82, 2.24) is 0 Å². The Morgan fingerprint density at radius 1 is 1.27 bits per heavy atom. The molecule has 2 rings (SSSR count). The molecule has 15 heavy (non-hydrogen) atoms. The first-order valence-corrected chi connectivity index (χ1v) is 5.37. The third-order valence-corrected chi connectivity index (χ3v) is 2.94. The molecular formula is C13H16N2. The SMILES string of the molecule is Cc1cc(C)cc(NCC2(C#N)CC2)c1. The van der Waals surface area contributed by atoms with Gasteiger partial charge in [-0.15, -0.1) is 0 Å². The summed E-state index contributed by atoms with van der Waals surface area (Å²) in [7, 11) is 0. The minimum Gasteiger partial charge on any atom is -0.383 e. The van der Waals surface area contributed by atoms with Crippen LogP contribution in [0, 0.1) is 30.6 Å². The fraction of sp³-hybridized carbons (Fsp3) is 0.462. The van der Waals surface area contributed by atoms with Crippen molar-refractivity contribution in [1.29, 1.82) is 5.26 Å². The molecule has 1 aromatic rings. The van der Waals surface area contributed by atoms with Gasteiger partial charge in [-0.25, -0.2) is 0 Å². The Morgan fingerprint density at radius 2 is 1.87 bits per heavy atom. The lowest BCUT2D eigenvalue weighted by Gasteiger charge is -2.11. The van der Waals surface area contributed by atoms with Crippen LogP contribution in [0.3, 0.4) is 0 Å². The molecule has 0 heterocycles. The third-order valence-electron chi connectivity index (χ3n) is 2.94. The first-order chi connectivity index (χ1) is 7.13. The minimum atomic E-state index is -0.0718. The van der Waals surface area contributed by atoms with Gasteiger partial charge in [0.2, 0.25) is 0 Å². The average Bonchev–Trinajstić information content (AvgIpc) is 2.94. The van der Waals surface area contributed by atoms with Crippen LogP contribution < -0.4 is 5.32 Å². The topological polar surface area (TPSA) is 35.8 Å². The third kappa shape index (κ3) is 2.30. The number of rotatable bonds is 3. The molecule has 0 unspecified atom stereocenters. The molecule has 1 aliphatic rings. The summed E-state index contributed by atoms with van der Waals surface area (Å²) in [5.74, 6) is 0. The summed E-state index contributed by atoms with van der Waals surface area (Å²) in [4.78, 5) is 0. The molecule has 0 bridgehead atoms. The van der Waals surface area contributed by atoms with Crippen molar-refractivity contribution in [3.63, 3.8) is 0 Å². The highest BCUT2D eigenvalue weighted by molar-refractivity contribution is 5.49. The van der Waals surface area contributed by atoms with Crippen LogP contribution in [0.2, 0.25) is 0 Å². The van der Waals surface area contributed by atoms with Crippen molar-refractivity contribution < 1.29 is 0 Å². The fourth-order valence-corrected chi connectivity index (χ4v) is 1.83. The van der Waals surface area contributed by atoms with Gasteiger partial charge in [-0.1, -0.05) is 6.07 Å². The van der Waals surface area contributed by atoms with Crippen LogP contribution in [-0.4, -0.2) is 6.54 Å². The number of aryl methyl sites for hydroxylation is 2. The molecule has 1 N–H and O–H groups in total. The van der Waals surface area contributed by atoms with Crippen molar-refractivity contribution >= 4 is 5.69 Å². The Labute approximate surface area is 90.9 Å². The molecule has 0 spiro atoms. The summed E-state index contributed by atoms with van der Waals surface area (Å²) in [5.41, 5.74) is 3.59. The Morgan fingerprint density at radius 3 is 2.33 bits per heavy atom. The molecule has 1 aromatic carbocycles. The number of hydrogen-bond donors (Lipinski definition) is 1. The normalized spacial score (nSPS) is 16.9. The first kappa shape index (κ1) is 10.0. The van der Waals surface area contributed by atoms with Crippen LogP contribution in [0.15, 0.2) is 18.2 Å². The van der Waals surface area contributed by atoms with E-state index in [1.807, 2.05) is 0 Å². The van der Waals surface area contributed by atoms with E-state index in [2.05, 4.69) is 43.4 Å². The zero-order valence-corrected chi connectivity index (χ0v) is 9.30. The molecule has 2 nitrogen and oxygen atoms in total. The van der Waals surface area contributed by atoms with Crippen molar-refractivity contribution in [3.8, 4) is 6.07 Å². The lowest BCUT2D eigenvalue weighted by atomic mass is 10.1. The van der Waals surface area contributed by atoms with Gasteiger partial charge in [0.1, 0.15) is 0 Å². The second kappa shape index (κ2) is 3.58. The second-order valence-electron chi connectivity index (χ2n) is 4.62. The standard InChI is InChI=1S/C13H16N2/c1-10-5-11(2)7-12(6-10)15-9-13(8-14)3-4-13/h5-7,15H,3-4,9H2,1-2H3.